The van der Waals surface area contributed by atoms with Crippen molar-refractivity contribution in [2.75, 3.05) is 26.2 Å². The summed E-state index contributed by atoms with van der Waals surface area (Å²) in [5.41, 5.74) is 5.35. The van der Waals surface area contributed by atoms with Crippen LogP contribution in [0, 0.1) is 0 Å². The molecule has 0 radical (unpaired) electrons. The molecule has 66 valence electrons. The van der Waals surface area contributed by atoms with Gasteiger partial charge in [0.25, 0.3) is 0 Å². The fourth-order valence-electron chi connectivity index (χ4n) is 1.30. The predicted octanol–water partition coefficient (Wildman–Crippen LogP) is 0.104. The van der Waals surface area contributed by atoms with Gasteiger partial charge in [0.15, 0.2) is 0 Å². The lowest BCUT2D eigenvalue weighted by atomic mass is 10.2. The van der Waals surface area contributed by atoms with E-state index >= 15 is 0 Å². The van der Waals surface area contributed by atoms with E-state index in [2.05, 4.69) is 5.32 Å². The molecule has 0 bridgehead atoms. The lowest BCUT2D eigenvalue weighted by Gasteiger charge is -2.09. The van der Waals surface area contributed by atoms with E-state index < -0.39 is 0 Å². The van der Waals surface area contributed by atoms with Gasteiger partial charge in [-0.25, -0.2) is 0 Å². The van der Waals surface area contributed by atoms with Gasteiger partial charge in [-0.3, -0.25) is 0 Å². The van der Waals surface area contributed by atoms with Crippen molar-refractivity contribution in [3.8, 4) is 0 Å². The second-order valence-electron chi connectivity index (χ2n) is 2.98. The molecule has 3 nitrogen and oxygen atoms in total. The SMILES string of the molecule is NCCCNC[C@@H]1CCCO1. The highest BCUT2D eigenvalue weighted by atomic mass is 16.5. The highest BCUT2D eigenvalue weighted by Crippen LogP contribution is 2.10. The smallest absolute Gasteiger partial charge is 0.0700 e. The maximum Gasteiger partial charge on any atom is 0.0700 e. The molecule has 0 spiro atoms. The number of rotatable bonds is 5. The molecule has 3 heteroatoms. The van der Waals surface area contributed by atoms with Crippen molar-refractivity contribution in [3.05, 3.63) is 0 Å². The maximum absolute atomic E-state index is 5.44. The van der Waals surface area contributed by atoms with E-state index in [1.54, 1.807) is 0 Å². The average molecular weight is 158 g/mol. The van der Waals surface area contributed by atoms with Crippen LogP contribution in [0.3, 0.4) is 0 Å². The lowest BCUT2D eigenvalue weighted by molar-refractivity contribution is 0.110. The fraction of sp³-hybridized carbons (Fsp3) is 1.00. The van der Waals surface area contributed by atoms with Crippen molar-refractivity contribution >= 4 is 0 Å². The molecule has 0 aromatic heterocycles. The van der Waals surface area contributed by atoms with Gasteiger partial charge < -0.3 is 15.8 Å². The summed E-state index contributed by atoms with van der Waals surface area (Å²) in [6.07, 6.45) is 3.97. The first-order chi connectivity index (χ1) is 5.43. The molecule has 1 atom stereocenters. The van der Waals surface area contributed by atoms with Crippen LogP contribution in [0.25, 0.3) is 0 Å². The Balaban J connectivity index is 1.86. The summed E-state index contributed by atoms with van der Waals surface area (Å²) in [5.74, 6) is 0. The molecule has 1 aliphatic rings. The molecule has 3 N–H and O–H groups in total. The molecule has 11 heavy (non-hydrogen) atoms. The zero-order valence-electron chi connectivity index (χ0n) is 7.01. The summed E-state index contributed by atoms with van der Waals surface area (Å²) in [5, 5.41) is 3.32. The molecule has 0 amide bonds. The molecule has 1 heterocycles. The molecule has 0 saturated carbocycles. The Labute approximate surface area is 68.3 Å². The Bertz CT molecular complexity index is 92.1. The van der Waals surface area contributed by atoms with Crippen molar-refractivity contribution in [2.24, 2.45) is 5.73 Å². The van der Waals surface area contributed by atoms with E-state index in [9.17, 15) is 0 Å². The summed E-state index contributed by atoms with van der Waals surface area (Å²) >= 11 is 0. The van der Waals surface area contributed by atoms with Crippen LogP contribution in [0.1, 0.15) is 19.3 Å². The molecule has 0 aliphatic carbocycles. The summed E-state index contributed by atoms with van der Waals surface area (Å²) in [6, 6.07) is 0. The van der Waals surface area contributed by atoms with Gasteiger partial charge in [-0.05, 0) is 32.4 Å². The minimum absolute atomic E-state index is 0.466. The van der Waals surface area contributed by atoms with Crippen LogP contribution in [0.5, 0.6) is 0 Å². The van der Waals surface area contributed by atoms with Crippen molar-refractivity contribution in [1.29, 1.82) is 0 Å². The molecule has 0 aromatic rings. The van der Waals surface area contributed by atoms with Crippen molar-refractivity contribution in [1.82, 2.24) is 5.32 Å². The predicted molar refractivity (Wildman–Crippen MR) is 45.5 cm³/mol. The van der Waals surface area contributed by atoms with E-state index in [-0.39, 0.29) is 0 Å². The normalized spacial score (nSPS) is 24.3. The number of nitrogens with one attached hydrogen (secondary N) is 1. The van der Waals surface area contributed by atoms with Gasteiger partial charge in [0.1, 0.15) is 0 Å². The minimum Gasteiger partial charge on any atom is -0.377 e. The molecule has 1 aliphatic heterocycles. The Hall–Kier alpha value is -0.120. The third-order valence-corrected chi connectivity index (χ3v) is 1.95. The van der Waals surface area contributed by atoms with Crippen molar-refractivity contribution in [3.63, 3.8) is 0 Å². The van der Waals surface area contributed by atoms with Gasteiger partial charge in [0.2, 0.25) is 0 Å². The second-order valence-corrected chi connectivity index (χ2v) is 2.98. The summed E-state index contributed by atoms with van der Waals surface area (Å²) < 4.78 is 5.44. The lowest BCUT2D eigenvalue weighted by Crippen LogP contribution is -2.27. The molecular formula is C8H18N2O. The highest BCUT2D eigenvalue weighted by molar-refractivity contribution is 4.67. The topological polar surface area (TPSA) is 47.3 Å². The number of nitrogens with two attached hydrogens (primary N) is 1. The Morgan fingerprint density at radius 3 is 3.09 bits per heavy atom. The van der Waals surface area contributed by atoms with Crippen LogP contribution in [-0.2, 0) is 4.74 Å². The van der Waals surface area contributed by atoms with E-state index in [0.717, 1.165) is 32.7 Å². The molecular weight excluding hydrogens is 140 g/mol. The number of hydrogen-bond donors (Lipinski definition) is 2. The highest BCUT2D eigenvalue weighted by Gasteiger charge is 2.13. The third-order valence-electron chi connectivity index (χ3n) is 1.95. The summed E-state index contributed by atoms with van der Waals surface area (Å²) in [4.78, 5) is 0. The Kier molecular flexibility index (Phi) is 4.50. The fourth-order valence-corrected chi connectivity index (χ4v) is 1.30. The third kappa shape index (κ3) is 3.70. The number of ether oxygens (including phenoxy) is 1. The molecule has 0 unspecified atom stereocenters. The zero-order valence-corrected chi connectivity index (χ0v) is 7.01. The van der Waals surface area contributed by atoms with Gasteiger partial charge >= 0.3 is 0 Å². The Morgan fingerprint density at radius 2 is 2.45 bits per heavy atom. The van der Waals surface area contributed by atoms with Crippen molar-refractivity contribution in [2.45, 2.75) is 25.4 Å². The number of hydrogen-bond acceptors (Lipinski definition) is 3. The van der Waals surface area contributed by atoms with Crippen LogP contribution in [-0.4, -0.2) is 32.3 Å². The first-order valence-corrected chi connectivity index (χ1v) is 4.46. The Morgan fingerprint density at radius 1 is 1.55 bits per heavy atom. The van der Waals surface area contributed by atoms with Crippen LogP contribution in [0.2, 0.25) is 0 Å². The molecule has 1 rings (SSSR count). The second kappa shape index (κ2) is 5.52. The van der Waals surface area contributed by atoms with E-state index in [1.165, 1.54) is 12.8 Å². The first-order valence-electron chi connectivity index (χ1n) is 4.46. The van der Waals surface area contributed by atoms with Gasteiger partial charge in [-0.15, -0.1) is 0 Å². The van der Waals surface area contributed by atoms with E-state index in [4.69, 9.17) is 10.5 Å². The van der Waals surface area contributed by atoms with Crippen molar-refractivity contribution < 1.29 is 4.74 Å². The standard InChI is InChI=1S/C8H18N2O/c9-4-2-5-10-7-8-3-1-6-11-8/h8,10H,1-7,9H2/t8-/m0/s1. The van der Waals surface area contributed by atoms with Crippen LogP contribution in [0.15, 0.2) is 0 Å². The van der Waals surface area contributed by atoms with Gasteiger partial charge in [-0.1, -0.05) is 0 Å². The summed E-state index contributed by atoms with van der Waals surface area (Å²) in [6.45, 7) is 3.75. The van der Waals surface area contributed by atoms with Gasteiger partial charge in [0, 0.05) is 13.2 Å². The van der Waals surface area contributed by atoms with Crippen LogP contribution < -0.4 is 11.1 Å². The van der Waals surface area contributed by atoms with Crippen LogP contribution >= 0.6 is 0 Å². The van der Waals surface area contributed by atoms with Crippen LogP contribution in [0.4, 0.5) is 0 Å². The van der Waals surface area contributed by atoms with Gasteiger partial charge in [0.05, 0.1) is 6.10 Å². The molecule has 0 aromatic carbocycles. The van der Waals surface area contributed by atoms with E-state index in [1.807, 2.05) is 0 Å². The molecule has 1 saturated heterocycles. The minimum atomic E-state index is 0.466. The molecule has 1 fully saturated rings. The first kappa shape index (κ1) is 8.97. The average Bonchev–Trinajstić information content (AvgIpc) is 2.50. The summed E-state index contributed by atoms with van der Waals surface area (Å²) in [7, 11) is 0. The maximum atomic E-state index is 5.44. The zero-order chi connectivity index (χ0) is 7.94. The monoisotopic (exact) mass is 158 g/mol. The largest absolute Gasteiger partial charge is 0.377 e. The van der Waals surface area contributed by atoms with Gasteiger partial charge in [-0.2, -0.15) is 0 Å². The quantitative estimate of drug-likeness (QED) is 0.558. The van der Waals surface area contributed by atoms with E-state index in [0.29, 0.717) is 6.10 Å².